The second-order valence-corrected chi connectivity index (χ2v) is 8.13. The number of anilines is 1. The zero-order valence-electron chi connectivity index (χ0n) is 18.2. The number of urea groups is 1. The van der Waals surface area contributed by atoms with Crippen molar-refractivity contribution in [3.8, 4) is 5.75 Å². The molecule has 5 heteroatoms. The average Bonchev–Trinajstić information content (AvgIpc) is 2.82. The van der Waals surface area contributed by atoms with Crippen molar-refractivity contribution < 1.29 is 14.3 Å². The first-order chi connectivity index (χ1) is 15.2. The van der Waals surface area contributed by atoms with Gasteiger partial charge in [0.15, 0.2) is 0 Å². The molecule has 0 radical (unpaired) electrons. The smallest absolute Gasteiger partial charge is 0.322 e. The zero-order valence-corrected chi connectivity index (χ0v) is 18.2. The molecule has 0 spiro atoms. The monoisotopic (exact) mass is 418 g/mol. The topological polar surface area (TPSA) is 50.8 Å². The number of nitrogens with zero attached hydrogens (tertiary/aromatic N) is 1. The lowest BCUT2D eigenvalue weighted by molar-refractivity contribution is 0.0115. The fourth-order valence-corrected chi connectivity index (χ4v) is 4.34. The van der Waals surface area contributed by atoms with Gasteiger partial charge in [-0.25, -0.2) is 4.79 Å². The van der Waals surface area contributed by atoms with E-state index in [0.29, 0.717) is 25.7 Å². The molecule has 5 nitrogen and oxygen atoms in total. The Morgan fingerprint density at radius 2 is 1.97 bits per heavy atom. The fraction of sp³-hybridized carbons (Fsp3) is 0.346. The number of nitrogens with one attached hydrogen (secondary N) is 1. The van der Waals surface area contributed by atoms with Crippen LogP contribution in [0.5, 0.6) is 5.75 Å². The summed E-state index contributed by atoms with van der Waals surface area (Å²) in [4.78, 5) is 14.9. The van der Waals surface area contributed by atoms with E-state index in [0.717, 1.165) is 24.3 Å². The first kappa shape index (κ1) is 21.2. The SMILES string of the molecule is COc1cccc(NC(=O)N2CCOCC2CC[C@H](C)c2cccc3ccccc23)c1. The maximum absolute atomic E-state index is 13.0. The van der Waals surface area contributed by atoms with Gasteiger partial charge in [-0.2, -0.15) is 0 Å². The van der Waals surface area contributed by atoms with Gasteiger partial charge in [-0.1, -0.05) is 55.5 Å². The van der Waals surface area contributed by atoms with Crippen LogP contribution in [0.3, 0.4) is 0 Å². The lowest BCUT2D eigenvalue weighted by Crippen LogP contribution is -2.50. The molecule has 2 amide bonds. The molecule has 3 aromatic rings. The molecular formula is C26H30N2O3. The number of methoxy groups -OCH3 is 1. The number of carbonyl (C=O) groups is 1. The van der Waals surface area contributed by atoms with Crippen molar-refractivity contribution in [1.29, 1.82) is 0 Å². The first-order valence-corrected chi connectivity index (χ1v) is 10.9. The highest BCUT2D eigenvalue weighted by atomic mass is 16.5. The molecule has 1 unspecified atom stereocenters. The van der Waals surface area contributed by atoms with Crippen LogP contribution in [0.2, 0.25) is 0 Å². The normalized spacial score (nSPS) is 17.4. The summed E-state index contributed by atoms with van der Waals surface area (Å²) >= 11 is 0. The molecule has 0 aromatic heterocycles. The van der Waals surface area contributed by atoms with Gasteiger partial charge in [0.25, 0.3) is 0 Å². The number of amides is 2. The zero-order chi connectivity index (χ0) is 21.6. The minimum atomic E-state index is -0.0839. The van der Waals surface area contributed by atoms with E-state index >= 15 is 0 Å². The highest BCUT2D eigenvalue weighted by Crippen LogP contribution is 2.30. The molecule has 1 heterocycles. The molecule has 1 fully saturated rings. The van der Waals surface area contributed by atoms with Crippen LogP contribution in [0.25, 0.3) is 10.8 Å². The van der Waals surface area contributed by atoms with Crippen molar-refractivity contribution in [3.05, 3.63) is 72.3 Å². The predicted molar refractivity (Wildman–Crippen MR) is 125 cm³/mol. The quantitative estimate of drug-likeness (QED) is 0.561. The summed E-state index contributed by atoms with van der Waals surface area (Å²) in [7, 11) is 1.62. The maximum atomic E-state index is 13.0. The Kier molecular flexibility index (Phi) is 6.73. The third-order valence-corrected chi connectivity index (χ3v) is 6.10. The van der Waals surface area contributed by atoms with Gasteiger partial charge in [-0.05, 0) is 47.2 Å². The third kappa shape index (κ3) is 5.00. The maximum Gasteiger partial charge on any atom is 0.322 e. The van der Waals surface area contributed by atoms with Gasteiger partial charge >= 0.3 is 6.03 Å². The highest BCUT2D eigenvalue weighted by molar-refractivity contribution is 5.90. The summed E-state index contributed by atoms with van der Waals surface area (Å²) in [5.41, 5.74) is 2.10. The molecule has 0 bridgehead atoms. The van der Waals surface area contributed by atoms with Gasteiger partial charge in [-0.15, -0.1) is 0 Å². The van der Waals surface area contributed by atoms with Crippen LogP contribution in [0, 0.1) is 0 Å². The molecule has 31 heavy (non-hydrogen) atoms. The standard InChI is InChI=1S/C26H30N2O3/c1-19(24-12-5-8-20-7-3-4-11-25(20)24)13-14-22-18-31-16-15-28(22)26(29)27-21-9-6-10-23(17-21)30-2/h3-12,17,19,22H,13-16,18H2,1-2H3,(H,27,29)/t19-,22?/m0/s1. The lowest BCUT2D eigenvalue weighted by atomic mass is 9.90. The summed E-state index contributed by atoms with van der Waals surface area (Å²) in [6.45, 7) is 4.02. The molecule has 1 saturated heterocycles. The summed E-state index contributed by atoms with van der Waals surface area (Å²) in [5, 5.41) is 5.59. The molecule has 0 saturated carbocycles. The van der Waals surface area contributed by atoms with Gasteiger partial charge in [0.05, 0.1) is 26.4 Å². The van der Waals surface area contributed by atoms with E-state index in [4.69, 9.17) is 9.47 Å². The van der Waals surface area contributed by atoms with Crippen LogP contribution in [-0.2, 0) is 4.74 Å². The van der Waals surface area contributed by atoms with Crippen molar-refractivity contribution >= 4 is 22.5 Å². The molecule has 162 valence electrons. The van der Waals surface area contributed by atoms with Crippen molar-refractivity contribution in [2.45, 2.75) is 31.7 Å². The van der Waals surface area contributed by atoms with E-state index in [1.807, 2.05) is 29.2 Å². The Hall–Kier alpha value is -3.05. The highest BCUT2D eigenvalue weighted by Gasteiger charge is 2.28. The van der Waals surface area contributed by atoms with Crippen LogP contribution < -0.4 is 10.1 Å². The number of fused-ring (bicyclic) bond motifs is 1. The summed E-state index contributed by atoms with van der Waals surface area (Å²) in [6, 6.07) is 22.5. The van der Waals surface area contributed by atoms with Crippen LogP contribution >= 0.6 is 0 Å². The molecule has 3 aromatic carbocycles. The van der Waals surface area contributed by atoms with Crippen LogP contribution in [0.1, 0.15) is 31.2 Å². The van der Waals surface area contributed by atoms with E-state index in [1.165, 1.54) is 16.3 Å². The Morgan fingerprint density at radius 3 is 2.84 bits per heavy atom. The molecule has 4 rings (SSSR count). The molecule has 1 N–H and O–H groups in total. The molecule has 0 aliphatic carbocycles. The van der Waals surface area contributed by atoms with Crippen molar-refractivity contribution in [1.82, 2.24) is 4.90 Å². The Balaban J connectivity index is 1.42. The van der Waals surface area contributed by atoms with E-state index in [9.17, 15) is 4.79 Å². The van der Waals surface area contributed by atoms with Gasteiger partial charge < -0.3 is 19.7 Å². The van der Waals surface area contributed by atoms with Crippen LogP contribution in [-0.4, -0.2) is 43.8 Å². The van der Waals surface area contributed by atoms with E-state index in [2.05, 4.69) is 54.7 Å². The number of hydrogen-bond acceptors (Lipinski definition) is 3. The fourth-order valence-electron chi connectivity index (χ4n) is 4.34. The Labute approximate surface area is 184 Å². The van der Waals surface area contributed by atoms with E-state index in [-0.39, 0.29) is 12.1 Å². The van der Waals surface area contributed by atoms with Crippen molar-refractivity contribution in [2.24, 2.45) is 0 Å². The number of rotatable bonds is 6. The molecule has 1 aliphatic rings. The van der Waals surface area contributed by atoms with Crippen LogP contribution in [0.15, 0.2) is 66.7 Å². The molecule has 2 atom stereocenters. The minimum Gasteiger partial charge on any atom is -0.497 e. The summed E-state index contributed by atoms with van der Waals surface area (Å²) in [6.07, 6.45) is 1.89. The number of benzene rings is 3. The average molecular weight is 419 g/mol. The second kappa shape index (κ2) is 9.84. The minimum absolute atomic E-state index is 0.0665. The number of hydrogen-bond donors (Lipinski definition) is 1. The first-order valence-electron chi connectivity index (χ1n) is 10.9. The van der Waals surface area contributed by atoms with Gasteiger partial charge in [-0.3, -0.25) is 0 Å². The van der Waals surface area contributed by atoms with Crippen LogP contribution in [0.4, 0.5) is 10.5 Å². The summed E-state index contributed by atoms with van der Waals surface area (Å²) in [5.74, 6) is 1.12. The number of ether oxygens (including phenoxy) is 2. The van der Waals surface area contributed by atoms with Gasteiger partial charge in [0.1, 0.15) is 5.75 Å². The Bertz CT molecular complexity index is 1030. The molecular weight excluding hydrogens is 388 g/mol. The number of carbonyl (C=O) groups excluding carboxylic acids is 1. The van der Waals surface area contributed by atoms with Gasteiger partial charge in [0, 0.05) is 18.3 Å². The largest absolute Gasteiger partial charge is 0.497 e. The van der Waals surface area contributed by atoms with E-state index in [1.54, 1.807) is 7.11 Å². The summed E-state index contributed by atoms with van der Waals surface area (Å²) < 4.78 is 11.0. The van der Waals surface area contributed by atoms with Crippen molar-refractivity contribution in [3.63, 3.8) is 0 Å². The lowest BCUT2D eigenvalue weighted by Gasteiger charge is -2.36. The Morgan fingerprint density at radius 1 is 1.16 bits per heavy atom. The van der Waals surface area contributed by atoms with E-state index < -0.39 is 0 Å². The van der Waals surface area contributed by atoms with Gasteiger partial charge in [0.2, 0.25) is 0 Å². The molecule has 1 aliphatic heterocycles. The second-order valence-electron chi connectivity index (χ2n) is 8.13. The number of morpholine rings is 1. The third-order valence-electron chi connectivity index (χ3n) is 6.10. The van der Waals surface area contributed by atoms with Crippen molar-refractivity contribution in [2.75, 3.05) is 32.2 Å². The predicted octanol–water partition coefficient (Wildman–Crippen LogP) is 5.67.